The summed E-state index contributed by atoms with van der Waals surface area (Å²) in [4.78, 5) is 36.2. The third-order valence-corrected chi connectivity index (χ3v) is 5.59. The van der Waals surface area contributed by atoms with Gasteiger partial charge in [0.25, 0.3) is 0 Å². The number of primary amides is 1. The lowest BCUT2D eigenvalue weighted by Gasteiger charge is -2.10. The maximum atomic E-state index is 12.6. The van der Waals surface area contributed by atoms with Gasteiger partial charge in [0, 0.05) is 39.6 Å². The fourth-order valence-electron chi connectivity index (χ4n) is 3.79. The quantitative estimate of drug-likeness (QED) is 0.473. The van der Waals surface area contributed by atoms with Crippen molar-refractivity contribution in [2.45, 2.75) is 33.6 Å². The molecule has 0 unspecified atom stereocenters. The van der Waals surface area contributed by atoms with Gasteiger partial charge in [-0.3, -0.25) is 9.59 Å². The molecule has 2 amide bonds. The fourth-order valence-corrected chi connectivity index (χ4v) is 3.79. The summed E-state index contributed by atoms with van der Waals surface area (Å²) in [5, 5.41) is 4.57. The first-order valence-corrected chi connectivity index (χ1v) is 9.89. The van der Waals surface area contributed by atoms with E-state index in [1.165, 1.54) is 0 Å². The molecule has 0 saturated carbocycles. The lowest BCUT2D eigenvalue weighted by molar-refractivity contribution is -0.116. The van der Waals surface area contributed by atoms with Gasteiger partial charge in [0.05, 0.1) is 6.26 Å². The standard InChI is InChI=1S/C24H22N2O5/c1-12-11-30-21-14(3)22-19(10-18(12)21)13(2)17(24(29)31-22)8-9-20(27)26-16-6-4-15(5-7-16)23(25)28/h4-7,10-11H,8-9H2,1-3H3,(H2,25,28)(H,26,27). The molecule has 0 saturated heterocycles. The molecular weight excluding hydrogens is 396 g/mol. The molecule has 4 aromatic rings. The molecule has 0 fully saturated rings. The highest BCUT2D eigenvalue weighted by Gasteiger charge is 2.18. The monoisotopic (exact) mass is 418 g/mol. The van der Waals surface area contributed by atoms with Crippen molar-refractivity contribution in [2.24, 2.45) is 5.73 Å². The molecule has 7 nitrogen and oxygen atoms in total. The predicted molar refractivity (Wildman–Crippen MR) is 118 cm³/mol. The van der Waals surface area contributed by atoms with Crippen LogP contribution in [0.15, 0.2) is 50.2 Å². The predicted octanol–water partition coefficient (Wildman–Crippen LogP) is 4.13. The minimum Gasteiger partial charge on any atom is -0.464 e. The summed E-state index contributed by atoms with van der Waals surface area (Å²) in [6, 6.07) is 8.27. The summed E-state index contributed by atoms with van der Waals surface area (Å²) in [7, 11) is 0. The second-order valence-corrected chi connectivity index (χ2v) is 7.66. The molecule has 7 heteroatoms. The van der Waals surface area contributed by atoms with Gasteiger partial charge in [-0.2, -0.15) is 0 Å². The Morgan fingerprint density at radius 3 is 2.39 bits per heavy atom. The van der Waals surface area contributed by atoms with Gasteiger partial charge in [0.2, 0.25) is 11.8 Å². The van der Waals surface area contributed by atoms with E-state index in [1.807, 2.05) is 26.8 Å². The van der Waals surface area contributed by atoms with Crippen molar-refractivity contribution in [1.29, 1.82) is 0 Å². The number of hydrogen-bond acceptors (Lipinski definition) is 5. The van der Waals surface area contributed by atoms with Crippen molar-refractivity contribution < 1.29 is 18.4 Å². The van der Waals surface area contributed by atoms with E-state index in [-0.39, 0.29) is 18.7 Å². The van der Waals surface area contributed by atoms with Gasteiger partial charge in [-0.1, -0.05) is 0 Å². The van der Waals surface area contributed by atoms with Crippen LogP contribution in [0.1, 0.15) is 39.0 Å². The number of furan rings is 1. The maximum absolute atomic E-state index is 12.6. The largest absolute Gasteiger partial charge is 0.464 e. The summed E-state index contributed by atoms with van der Waals surface area (Å²) >= 11 is 0. The number of rotatable bonds is 5. The molecule has 0 aliphatic heterocycles. The Bertz CT molecular complexity index is 1390. The molecule has 2 aromatic carbocycles. The van der Waals surface area contributed by atoms with Crippen LogP contribution < -0.4 is 16.7 Å². The lowest BCUT2D eigenvalue weighted by Crippen LogP contribution is -2.17. The summed E-state index contributed by atoms with van der Waals surface area (Å²) in [5.74, 6) is -0.780. The number of benzene rings is 2. The fraction of sp³-hybridized carbons (Fsp3) is 0.208. The zero-order valence-electron chi connectivity index (χ0n) is 17.5. The molecule has 31 heavy (non-hydrogen) atoms. The SMILES string of the molecule is Cc1coc2c(C)c3oc(=O)c(CCC(=O)Nc4ccc(C(N)=O)cc4)c(C)c3cc12. The number of amides is 2. The number of nitrogens with two attached hydrogens (primary N) is 1. The number of carbonyl (C=O) groups is 2. The van der Waals surface area contributed by atoms with E-state index in [9.17, 15) is 14.4 Å². The molecule has 2 heterocycles. The van der Waals surface area contributed by atoms with E-state index in [0.29, 0.717) is 28.0 Å². The summed E-state index contributed by atoms with van der Waals surface area (Å²) in [6.07, 6.45) is 2.04. The van der Waals surface area contributed by atoms with E-state index in [0.717, 1.165) is 27.5 Å². The molecule has 0 atom stereocenters. The van der Waals surface area contributed by atoms with Crippen LogP contribution in [0.4, 0.5) is 5.69 Å². The number of fused-ring (bicyclic) bond motifs is 2. The number of aryl methyl sites for hydroxylation is 3. The number of nitrogens with one attached hydrogen (secondary N) is 1. The van der Waals surface area contributed by atoms with Crippen molar-refractivity contribution in [3.63, 3.8) is 0 Å². The van der Waals surface area contributed by atoms with Crippen molar-refractivity contribution >= 4 is 39.4 Å². The van der Waals surface area contributed by atoms with Gasteiger partial charge in [-0.15, -0.1) is 0 Å². The second-order valence-electron chi connectivity index (χ2n) is 7.66. The summed E-state index contributed by atoms with van der Waals surface area (Å²) in [6.45, 7) is 5.70. The van der Waals surface area contributed by atoms with Crippen LogP contribution in [0.5, 0.6) is 0 Å². The van der Waals surface area contributed by atoms with Gasteiger partial charge in [0.15, 0.2) is 0 Å². The number of carbonyl (C=O) groups excluding carboxylic acids is 2. The van der Waals surface area contributed by atoms with Crippen LogP contribution in [0.25, 0.3) is 21.9 Å². The number of hydrogen-bond donors (Lipinski definition) is 2. The zero-order chi connectivity index (χ0) is 22.3. The highest BCUT2D eigenvalue weighted by Crippen LogP contribution is 2.32. The van der Waals surface area contributed by atoms with Crippen molar-refractivity contribution in [1.82, 2.24) is 0 Å². The molecule has 158 valence electrons. The highest BCUT2D eigenvalue weighted by molar-refractivity contribution is 6.00. The Hall–Kier alpha value is -3.87. The van der Waals surface area contributed by atoms with Gasteiger partial charge in [-0.25, -0.2) is 4.79 Å². The first-order valence-electron chi connectivity index (χ1n) is 9.89. The van der Waals surface area contributed by atoms with Gasteiger partial charge >= 0.3 is 5.63 Å². The van der Waals surface area contributed by atoms with Crippen molar-refractivity contribution in [2.75, 3.05) is 5.32 Å². The molecule has 4 rings (SSSR count). The van der Waals surface area contributed by atoms with Crippen molar-refractivity contribution in [3.8, 4) is 0 Å². The Balaban J connectivity index is 1.58. The van der Waals surface area contributed by atoms with Crippen molar-refractivity contribution in [3.05, 3.63) is 74.8 Å². The first-order chi connectivity index (χ1) is 14.8. The Morgan fingerprint density at radius 2 is 1.71 bits per heavy atom. The third-order valence-electron chi connectivity index (χ3n) is 5.59. The normalized spacial score (nSPS) is 11.2. The topological polar surface area (TPSA) is 116 Å². The molecule has 3 N–H and O–H groups in total. The van der Waals surface area contributed by atoms with E-state index in [2.05, 4.69) is 5.32 Å². The molecule has 0 bridgehead atoms. The van der Waals surface area contributed by atoms with Crippen LogP contribution in [0.3, 0.4) is 0 Å². The van der Waals surface area contributed by atoms with E-state index in [1.54, 1.807) is 30.5 Å². The van der Waals surface area contributed by atoms with E-state index in [4.69, 9.17) is 14.6 Å². The van der Waals surface area contributed by atoms with Gasteiger partial charge in [0.1, 0.15) is 11.2 Å². The van der Waals surface area contributed by atoms with E-state index < -0.39 is 11.5 Å². The summed E-state index contributed by atoms with van der Waals surface area (Å²) in [5.41, 5.74) is 9.96. The van der Waals surface area contributed by atoms with Gasteiger partial charge < -0.3 is 19.9 Å². The first kappa shape index (κ1) is 20.4. The van der Waals surface area contributed by atoms with Crippen LogP contribution in [0, 0.1) is 20.8 Å². The molecule has 0 aliphatic carbocycles. The minimum absolute atomic E-state index is 0.112. The Kier molecular flexibility index (Phi) is 5.10. The van der Waals surface area contributed by atoms with Crippen LogP contribution >= 0.6 is 0 Å². The molecule has 0 spiro atoms. The maximum Gasteiger partial charge on any atom is 0.339 e. The smallest absolute Gasteiger partial charge is 0.339 e. The minimum atomic E-state index is -0.533. The number of anilines is 1. The third kappa shape index (κ3) is 3.70. The highest BCUT2D eigenvalue weighted by atomic mass is 16.4. The van der Waals surface area contributed by atoms with Crippen LogP contribution in [-0.4, -0.2) is 11.8 Å². The average Bonchev–Trinajstić information content (AvgIpc) is 3.10. The van der Waals surface area contributed by atoms with E-state index >= 15 is 0 Å². The molecule has 0 radical (unpaired) electrons. The lowest BCUT2D eigenvalue weighted by atomic mass is 9.98. The average molecular weight is 418 g/mol. The Labute approximate surface area is 177 Å². The van der Waals surface area contributed by atoms with Crippen LogP contribution in [-0.2, 0) is 11.2 Å². The molecular formula is C24H22N2O5. The van der Waals surface area contributed by atoms with Gasteiger partial charge in [-0.05, 0) is 68.7 Å². The second kappa shape index (κ2) is 7.75. The Morgan fingerprint density at radius 1 is 1.00 bits per heavy atom. The summed E-state index contributed by atoms with van der Waals surface area (Å²) < 4.78 is 11.2. The zero-order valence-corrected chi connectivity index (χ0v) is 17.5. The molecule has 2 aromatic heterocycles. The molecule has 0 aliphatic rings. The van der Waals surface area contributed by atoms with Crippen LogP contribution in [0.2, 0.25) is 0 Å².